The van der Waals surface area contributed by atoms with E-state index in [-0.39, 0.29) is 6.61 Å². The standard InChI is InChI=1S/C8H9FO2S/c9-6-7-11-12(10)8-4-2-1-3-5-8/h1-5H,6-7H2. The van der Waals surface area contributed by atoms with Crippen LogP contribution in [-0.2, 0) is 15.3 Å². The number of rotatable bonds is 4. The van der Waals surface area contributed by atoms with Gasteiger partial charge in [0, 0.05) is 0 Å². The molecule has 0 saturated heterocycles. The van der Waals surface area contributed by atoms with Gasteiger partial charge in [0.15, 0.2) is 11.1 Å². The quantitative estimate of drug-likeness (QED) is 0.718. The molecular formula is C8H9FO2S. The van der Waals surface area contributed by atoms with Gasteiger partial charge in [0.05, 0.1) is 11.5 Å². The van der Waals surface area contributed by atoms with Crippen molar-refractivity contribution in [2.75, 3.05) is 13.3 Å². The largest absolute Gasteiger partial charge is 0.284 e. The third kappa shape index (κ3) is 2.71. The average Bonchev–Trinajstić information content (AvgIpc) is 2.15. The Kier molecular flexibility index (Phi) is 3.90. The average molecular weight is 188 g/mol. The minimum absolute atomic E-state index is 0.124. The van der Waals surface area contributed by atoms with E-state index >= 15 is 0 Å². The molecule has 0 spiro atoms. The Morgan fingerprint density at radius 1 is 1.33 bits per heavy atom. The first kappa shape index (κ1) is 9.35. The maximum Gasteiger partial charge on any atom is 0.189 e. The van der Waals surface area contributed by atoms with Gasteiger partial charge in [0.25, 0.3) is 0 Å². The zero-order valence-corrected chi connectivity index (χ0v) is 7.22. The van der Waals surface area contributed by atoms with Crippen LogP contribution in [0, 0.1) is 0 Å². The molecule has 12 heavy (non-hydrogen) atoms. The number of benzene rings is 1. The van der Waals surface area contributed by atoms with E-state index in [0.29, 0.717) is 4.90 Å². The Morgan fingerprint density at radius 2 is 2.00 bits per heavy atom. The fraction of sp³-hybridized carbons (Fsp3) is 0.250. The van der Waals surface area contributed by atoms with Crippen LogP contribution in [0.4, 0.5) is 4.39 Å². The van der Waals surface area contributed by atoms with Gasteiger partial charge in [-0.3, -0.25) is 4.18 Å². The van der Waals surface area contributed by atoms with Crippen LogP contribution in [0.15, 0.2) is 35.2 Å². The van der Waals surface area contributed by atoms with E-state index in [1.807, 2.05) is 6.07 Å². The van der Waals surface area contributed by atoms with Crippen molar-refractivity contribution in [3.05, 3.63) is 30.3 Å². The lowest BCUT2D eigenvalue weighted by Crippen LogP contribution is -2.00. The molecule has 0 radical (unpaired) electrons. The smallest absolute Gasteiger partial charge is 0.189 e. The monoisotopic (exact) mass is 188 g/mol. The third-order valence-electron chi connectivity index (χ3n) is 1.20. The molecule has 0 heterocycles. The van der Waals surface area contributed by atoms with Gasteiger partial charge in [-0.1, -0.05) is 18.2 Å². The van der Waals surface area contributed by atoms with E-state index in [2.05, 4.69) is 4.18 Å². The topological polar surface area (TPSA) is 26.3 Å². The summed E-state index contributed by atoms with van der Waals surface area (Å²) in [6.45, 7) is -0.736. The number of halogens is 1. The fourth-order valence-electron chi connectivity index (χ4n) is 0.707. The molecule has 66 valence electrons. The summed E-state index contributed by atoms with van der Waals surface area (Å²) < 4.78 is 27.4. The lowest BCUT2D eigenvalue weighted by molar-refractivity contribution is 0.295. The van der Waals surface area contributed by atoms with Crippen molar-refractivity contribution in [1.29, 1.82) is 0 Å². The molecule has 0 saturated carbocycles. The second-order valence-corrected chi connectivity index (χ2v) is 3.24. The van der Waals surface area contributed by atoms with E-state index in [0.717, 1.165) is 0 Å². The van der Waals surface area contributed by atoms with Gasteiger partial charge in [-0.2, -0.15) is 0 Å². The number of hydrogen-bond acceptors (Lipinski definition) is 2. The fourth-order valence-corrected chi connectivity index (χ4v) is 1.44. The second kappa shape index (κ2) is 5.00. The Morgan fingerprint density at radius 3 is 2.58 bits per heavy atom. The first-order valence-corrected chi connectivity index (χ1v) is 4.58. The molecule has 0 amide bonds. The third-order valence-corrected chi connectivity index (χ3v) is 2.24. The number of hydrogen-bond donors (Lipinski definition) is 0. The molecule has 0 aromatic heterocycles. The molecule has 0 N–H and O–H groups in total. The van der Waals surface area contributed by atoms with E-state index in [1.54, 1.807) is 24.3 Å². The molecule has 0 bridgehead atoms. The second-order valence-electron chi connectivity index (χ2n) is 2.06. The van der Waals surface area contributed by atoms with Crippen LogP contribution in [0.1, 0.15) is 0 Å². The lowest BCUT2D eigenvalue weighted by Gasteiger charge is -1.99. The van der Waals surface area contributed by atoms with E-state index in [4.69, 9.17) is 0 Å². The van der Waals surface area contributed by atoms with Crippen LogP contribution in [-0.4, -0.2) is 17.5 Å². The number of alkyl halides is 1. The van der Waals surface area contributed by atoms with Gasteiger partial charge in [0.1, 0.15) is 6.67 Å². The zero-order chi connectivity index (χ0) is 8.81. The molecular weight excluding hydrogens is 179 g/mol. The molecule has 1 rings (SSSR count). The Bertz CT molecular complexity index is 250. The van der Waals surface area contributed by atoms with Gasteiger partial charge < -0.3 is 0 Å². The summed E-state index contributed by atoms with van der Waals surface area (Å²) in [7, 11) is 0. The minimum Gasteiger partial charge on any atom is -0.284 e. The zero-order valence-electron chi connectivity index (χ0n) is 6.40. The van der Waals surface area contributed by atoms with Crippen molar-refractivity contribution in [3.63, 3.8) is 0 Å². The molecule has 4 heteroatoms. The maximum atomic E-state index is 11.6. The predicted octanol–water partition coefficient (Wildman–Crippen LogP) is 1.70. The summed E-state index contributed by atoms with van der Waals surface area (Å²) in [5.41, 5.74) is 0. The highest BCUT2D eigenvalue weighted by Crippen LogP contribution is 2.05. The molecule has 1 unspecified atom stereocenters. The van der Waals surface area contributed by atoms with Crippen molar-refractivity contribution >= 4 is 11.1 Å². The van der Waals surface area contributed by atoms with E-state index in [1.165, 1.54) is 0 Å². The summed E-state index contributed by atoms with van der Waals surface area (Å²) in [6.07, 6.45) is 0. The van der Waals surface area contributed by atoms with Crippen LogP contribution in [0.3, 0.4) is 0 Å². The Hall–Kier alpha value is -0.740. The van der Waals surface area contributed by atoms with Crippen molar-refractivity contribution in [1.82, 2.24) is 0 Å². The molecule has 0 aliphatic carbocycles. The summed E-state index contributed by atoms with van der Waals surface area (Å²) in [4.78, 5) is 0.561. The van der Waals surface area contributed by atoms with Crippen LogP contribution in [0.25, 0.3) is 0 Å². The highest BCUT2D eigenvalue weighted by molar-refractivity contribution is 7.80. The van der Waals surface area contributed by atoms with Gasteiger partial charge in [-0.05, 0) is 12.1 Å². The van der Waals surface area contributed by atoms with E-state index in [9.17, 15) is 8.60 Å². The molecule has 1 atom stereocenters. The van der Waals surface area contributed by atoms with Crippen LogP contribution in [0.5, 0.6) is 0 Å². The summed E-state index contributed by atoms with van der Waals surface area (Å²) in [5.74, 6) is 0. The van der Waals surface area contributed by atoms with Crippen LogP contribution in [0.2, 0.25) is 0 Å². The van der Waals surface area contributed by atoms with Crippen LogP contribution >= 0.6 is 0 Å². The van der Waals surface area contributed by atoms with Gasteiger partial charge in [0.2, 0.25) is 0 Å². The normalized spacial score (nSPS) is 12.8. The minimum atomic E-state index is -1.52. The highest BCUT2D eigenvalue weighted by atomic mass is 32.2. The summed E-state index contributed by atoms with van der Waals surface area (Å²) >= 11 is -1.52. The van der Waals surface area contributed by atoms with Gasteiger partial charge in [-0.25, -0.2) is 8.60 Å². The maximum absolute atomic E-state index is 11.6. The molecule has 0 aliphatic rings. The first-order valence-electron chi connectivity index (χ1n) is 3.50. The Balaban J connectivity index is 2.54. The predicted molar refractivity (Wildman–Crippen MR) is 44.8 cm³/mol. The van der Waals surface area contributed by atoms with Crippen molar-refractivity contribution in [2.24, 2.45) is 0 Å². The van der Waals surface area contributed by atoms with Crippen molar-refractivity contribution < 1.29 is 12.8 Å². The highest BCUT2D eigenvalue weighted by Gasteiger charge is 2.01. The van der Waals surface area contributed by atoms with Crippen molar-refractivity contribution in [3.8, 4) is 0 Å². The lowest BCUT2D eigenvalue weighted by atomic mass is 10.4. The van der Waals surface area contributed by atoms with Crippen molar-refractivity contribution in [2.45, 2.75) is 4.90 Å². The van der Waals surface area contributed by atoms with Crippen LogP contribution < -0.4 is 0 Å². The summed E-state index contributed by atoms with van der Waals surface area (Å²) in [6, 6.07) is 8.68. The molecule has 2 nitrogen and oxygen atoms in total. The summed E-state index contributed by atoms with van der Waals surface area (Å²) in [5, 5.41) is 0. The molecule has 1 aromatic carbocycles. The van der Waals surface area contributed by atoms with Gasteiger partial charge in [-0.15, -0.1) is 0 Å². The SMILES string of the molecule is O=S(OCCF)c1ccccc1. The van der Waals surface area contributed by atoms with E-state index < -0.39 is 17.8 Å². The Labute approximate surface area is 73.0 Å². The molecule has 0 fully saturated rings. The van der Waals surface area contributed by atoms with Gasteiger partial charge >= 0.3 is 0 Å². The molecule has 1 aromatic rings. The first-order chi connectivity index (χ1) is 5.84. The molecule has 0 aliphatic heterocycles.